The zero-order valence-corrected chi connectivity index (χ0v) is 22.0. The fourth-order valence-corrected chi connectivity index (χ4v) is 4.21. The Labute approximate surface area is 236 Å². The predicted molar refractivity (Wildman–Crippen MR) is 128 cm³/mol. The Kier molecular flexibility index (Phi) is 8.69. The highest BCUT2D eigenvalue weighted by atomic mass is 79.9. The van der Waals surface area contributed by atoms with Gasteiger partial charge in [-0.15, -0.1) is 0 Å². The van der Waals surface area contributed by atoms with Crippen LogP contribution in [-0.4, -0.2) is 31.2 Å². The SMILES string of the molecule is CN(C(=O)c1c(F)cccc1F)c1cccc(C(=O)N(Br)c2ccc(C(F)(C(F)(F)F)C(F)(F)F)cc2C(F)(F)F)c1. The lowest BCUT2D eigenvalue weighted by atomic mass is 9.92. The maximum absolute atomic E-state index is 14.4. The molecule has 3 rings (SSSR count). The summed E-state index contributed by atoms with van der Waals surface area (Å²) >= 11 is 2.50. The molecule has 0 bridgehead atoms. The largest absolute Gasteiger partial charge is 0.435 e. The van der Waals surface area contributed by atoms with E-state index in [0.29, 0.717) is 4.90 Å². The van der Waals surface area contributed by atoms with Gasteiger partial charge in [0.1, 0.15) is 17.2 Å². The van der Waals surface area contributed by atoms with Gasteiger partial charge in [0.2, 0.25) is 0 Å². The van der Waals surface area contributed by atoms with E-state index in [1.807, 2.05) is 0 Å². The molecule has 0 aromatic heterocycles. The molecule has 0 aliphatic carbocycles. The Hall–Kier alpha value is -3.76. The fraction of sp³-hybridized carbons (Fsp3) is 0.200. The molecule has 17 heteroatoms. The van der Waals surface area contributed by atoms with E-state index in [2.05, 4.69) is 16.1 Å². The number of benzene rings is 3. The fourth-order valence-electron chi connectivity index (χ4n) is 3.69. The van der Waals surface area contributed by atoms with E-state index >= 15 is 0 Å². The number of hydrogen-bond donors (Lipinski definition) is 0. The minimum atomic E-state index is -6.70. The number of rotatable bonds is 5. The minimum absolute atomic E-state index is 0.0249. The Balaban J connectivity index is 2.05. The molecule has 0 aliphatic heterocycles. The number of nitrogens with zero attached hydrogens (tertiary/aromatic N) is 2. The van der Waals surface area contributed by atoms with Gasteiger partial charge < -0.3 is 4.90 Å². The molecule has 0 saturated heterocycles. The van der Waals surface area contributed by atoms with Gasteiger partial charge in [-0.25, -0.2) is 17.1 Å². The molecular formula is C25H13BrF12N2O2. The average molecular weight is 681 g/mol. The molecule has 0 unspecified atom stereocenters. The molecule has 42 heavy (non-hydrogen) atoms. The maximum atomic E-state index is 14.4. The number of anilines is 2. The molecule has 2 amide bonds. The summed E-state index contributed by atoms with van der Waals surface area (Å²) in [5.74, 6) is -5.04. The van der Waals surface area contributed by atoms with Crippen molar-refractivity contribution in [2.24, 2.45) is 0 Å². The van der Waals surface area contributed by atoms with Crippen molar-refractivity contribution >= 4 is 39.3 Å². The lowest BCUT2D eigenvalue weighted by Crippen LogP contribution is -2.50. The highest BCUT2D eigenvalue weighted by Gasteiger charge is 2.73. The Morgan fingerprint density at radius 3 is 1.74 bits per heavy atom. The van der Waals surface area contributed by atoms with Gasteiger partial charge in [0.15, 0.2) is 0 Å². The molecule has 3 aromatic carbocycles. The third-order valence-electron chi connectivity index (χ3n) is 5.83. The van der Waals surface area contributed by atoms with Gasteiger partial charge >= 0.3 is 24.2 Å². The van der Waals surface area contributed by atoms with E-state index in [1.54, 1.807) is 0 Å². The number of carbonyl (C=O) groups is 2. The number of amides is 2. The van der Waals surface area contributed by atoms with Crippen LogP contribution in [-0.2, 0) is 11.8 Å². The van der Waals surface area contributed by atoms with Gasteiger partial charge in [-0.2, -0.15) is 39.5 Å². The molecule has 226 valence electrons. The van der Waals surface area contributed by atoms with E-state index < -0.39 is 81.7 Å². The monoisotopic (exact) mass is 680 g/mol. The summed E-state index contributed by atoms with van der Waals surface area (Å²) < 4.78 is 163. The van der Waals surface area contributed by atoms with Gasteiger partial charge in [0, 0.05) is 23.9 Å². The van der Waals surface area contributed by atoms with Crippen LogP contribution in [0, 0.1) is 11.6 Å². The van der Waals surface area contributed by atoms with E-state index in [1.165, 1.54) is 6.07 Å². The average Bonchev–Trinajstić information content (AvgIpc) is 2.89. The summed E-state index contributed by atoms with van der Waals surface area (Å²) in [5, 5.41) is 0. The summed E-state index contributed by atoms with van der Waals surface area (Å²) in [6, 6.07) is 5.88. The second-order valence-electron chi connectivity index (χ2n) is 8.48. The highest BCUT2D eigenvalue weighted by molar-refractivity contribution is 9.10. The first kappa shape index (κ1) is 32.8. The van der Waals surface area contributed by atoms with Crippen molar-refractivity contribution in [3.63, 3.8) is 0 Å². The van der Waals surface area contributed by atoms with Crippen LogP contribution in [0.25, 0.3) is 0 Å². The summed E-state index contributed by atoms with van der Waals surface area (Å²) in [6.45, 7) is 0. The number of alkyl halides is 10. The molecule has 0 radical (unpaired) electrons. The van der Waals surface area contributed by atoms with Crippen LogP contribution in [0.2, 0.25) is 0 Å². The molecule has 0 heterocycles. The maximum Gasteiger partial charge on any atom is 0.435 e. The van der Waals surface area contributed by atoms with Crippen molar-refractivity contribution in [2.45, 2.75) is 24.2 Å². The van der Waals surface area contributed by atoms with Crippen molar-refractivity contribution in [3.8, 4) is 0 Å². The van der Waals surface area contributed by atoms with Crippen LogP contribution >= 0.6 is 16.1 Å². The van der Waals surface area contributed by atoms with Gasteiger partial charge in [-0.05, 0) is 42.5 Å². The first-order valence-corrected chi connectivity index (χ1v) is 11.7. The van der Waals surface area contributed by atoms with Gasteiger partial charge in [-0.1, -0.05) is 18.2 Å². The molecule has 0 N–H and O–H groups in total. The molecular weight excluding hydrogens is 668 g/mol. The molecule has 0 atom stereocenters. The van der Waals surface area contributed by atoms with Crippen LogP contribution in [0.1, 0.15) is 31.8 Å². The van der Waals surface area contributed by atoms with Crippen LogP contribution in [0.4, 0.5) is 64.1 Å². The quantitative estimate of drug-likeness (QED) is 0.200. The first-order valence-electron chi connectivity index (χ1n) is 11.0. The minimum Gasteiger partial charge on any atom is -0.311 e. The zero-order chi connectivity index (χ0) is 32.0. The molecule has 0 saturated carbocycles. The smallest absolute Gasteiger partial charge is 0.311 e. The summed E-state index contributed by atoms with van der Waals surface area (Å²) in [5.41, 5.74) is -13.8. The summed E-state index contributed by atoms with van der Waals surface area (Å²) in [7, 11) is 1.05. The van der Waals surface area contributed by atoms with Gasteiger partial charge in [0.05, 0.1) is 27.4 Å². The van der Waals surface area contributed by atoms with Crippen LogP contribution in [0.3, 0.4) is 0 Å². The van der Waals surface area contributed by atoms with E-state index in [0.717, 1.165) is 43.4 Å². The van der Waals surface area contributed by atoms with Gasteiger partial charge in [0.25, 0.3) is 11.8 Å². The lowest BCUT2D eigenvalue weighted by Gasteiger charge is -2.31. The predicted octanol–water partition coefficient (Wildman–Crippen LogP) is 8.51. The molecule has 0 fully saturated rings. The number of halogens is 13. The van der Waals surface area contributed by atoms with Crippen LogP contribution < -0.4 is 8.83 Å². The topological polar surface area (TPSA) is 40.6 Å². The third-order valence-corrected chi connectivity index (χ3v) is 6.54. The highest BCUT2D eigenvalue weighted by Crippen LogP contribution is 2.54. The van der Waals surface area contributed by atoms with E-state index in [9.17, 15) is 62.3 Å². The van der Waals surface area contributed by atoms with Crippen molar-refractivity contribution in [2.75, 3.05) is 15.9 Å². The molecule has 3 aromatic rings. The number of hydrogen-bond acceptors (Lipinski definition) is 2. The van der Waals surface area contributed by atoms with Crippen LogP contribution in [0.15, 0.2) is 60.7 Å². The molecule has 0 spiro atoms. The summed E-state index contributed by atoms with van der Waals surface area (Å²) in [4.78, 5) is 26.4. The van der Waals surface area contributed by atoms with Crippen molar-refractivity contribution < 1.29 is 62.3 Å². The van der Waals surface area contributed by atoms with Gasteiger partial charge in [-0.3, -0.25) is 9.59 Å². The standard InChI is InChI=1S/C25H13BrF12N2O2/c1-39(21(42)19-16(27)6-3-7-17(19)28)14-5-2-4-12(10-14)20(41)40(26)18-9-8-13(11-15(18)23(30,31)32)22(29,24(33,34)35)25(36,37)38/h2-11H,1H3. The second-order valence-corrected chi connectivity index (χ2v) is 9.19. The Morgan fingerprint density at radius 2 is 1.24 bits per heavy atom. The third kappa shape index (κ3) is 5.91. The van der Waals surface area contributed by atoms with Crippen molar-refractivity contribution in [3.05, 3.63) is 94.6 Å². The first-order chi connectivity index (χ1) is 19.1. The van der Waals surface area contributed by atoms with E-state index in [-0.39, 0.29) is 21.7 Å². The van der Waals surface area contributed by atoms with Crippen molar-refractivity contribution in [1.82, 2.24) is 0 Å². The normalized spacial score (nSPS) is 12.7. The molecule has 0 aliphatic rings. The second kappa shape index (κ2) is 11.1. The Bertz CT molecular complexity index is 1480. The lowest BCUT2D eigenvalue weighted by molar-refractivity contribution is -0.348. The summed E-state index contributed by atoms with van der Waals surface area (Å²) in [6.07, 6.45) is -19.1. The Morgan fingerprint density at radius 1 is 0.714 bits per heavy atom. The number of carbonyl (C=O) groups excluding carboxylic acids is 2. The zero-order valence-electron chi connectivity index (χ0n) is 20.4. The van der Waals surface area contributed by atoms with Crippen molar-refractivity contribution in [1.29, 1.82) is 0 Å². The van der Waals surface area contributed by atoms with Crippen LogP contribution in [0.5, 0.6) is 0 Å². The van der Waals surface area contributed by atoms with E-state index in [4.69, 9.17) is 0 Å². The molecule has 4 nitrogen and oxygen atoms in total.